The third-order valence-electron chi connectivity index (χ3n) is 1.40. The predicted molar refractivity (Wildman–Crippen MR) is 43.6 cm³/mol. The summed E-state index contributed by atoms with van der Waals surface area (Å²) in [4.78, 5) is 21.2. The van der Waals surface area contributed by atoms with Gasteiger partial charge in [-0.2, -0.15) is 13.2 Å². The van der Waals surface area contributed by atoms with Crippen molar-refractivity contribution >= 4 is 11.7 Å². The average Bonchev–Trinajstić information content (AvgIpc) is 1.79. The Morgan fingerprint density at radius 3 is 1.93 bits per heavy atom. The Labute approximate surface area is 79.7 Å². The van der Waals surface area contributed by atoms with Crippen LogP contribution < -0.4 is 5.32 Å². The molecule has 0 spiro atoms. The Bertz CT molecular complexity index is 245. The number of rotatable bonds is 3. The molecule has 0 saturated heterocycles. The Hall–Kier alpha value is -1.07. The zero-order chi connectivity index (χ0) is 11.6. The van der Waals surface area contributed by atoms with Crippen molar-refractivity contribution in [1.29, 1.82) is 0 Å². The van der Waals surface area contributed by atoms with Crippen LogP contribution in [-0.4, -0.2) is 23.4 Å². The van der Waals surface area contributed by atoms with Gasteiger partial charge in [-0.3, -0.25) is 9.59 Å². The highest BCUT2D eigenvalue weighted by Gasteiger charge is 2.41. The van der Waals surface area contributed by atoms with Gasteiger partial charge in [0.25, 0.3) is 0 Å². The number of halogens is 3. The maximum atomic E-state index is 11.8. The fourth-order valence-corrected chi connectivity index (χ4v) is 1.04. The summed E-state index contributed by atoms with van der Waals surface area (Å²) in [6, 6.07) is 0. The van der Waals surface area contributed by atoms with Gasteiger partial charge in [0.2, 0.25) is 0 Å². The molecule has 0 aliphatic carbocycles. The molecule has 0 fully saturated rings. The molecule has 0 aliphatic heterocycles. The molecule has 0 aromatic carbocycles. The zero-order valence-corrected chi connectivity index (χ0v) is 8.16. The maximum absolute atomic E-state index is 11.8. The number of alkyl halides is 3. The summed E-state index contributed by atoms with van der Waals surface area (Å²) in [7, 11) is 0. The van der Waals surface area contributed by atoms with Crippen LogP contribution in [0, 0.1) is 0 Å². The molecule has 1 amide bonds. The number of hydrogen-bond donors (Lipinski definition) is 1. The van der Waals surface area contributed by atoms with Gasteiger partial charge in [-0.25, -0.2) is 0 Å². The SMILES string of the molecule is CC(=O)CC(C)(C)NC(=O)C(F)(F)F. The van der Waals surface area contributed by atoms with Crippen molar-refractivity contribution in [2.45, 2.75) is 38.9 Å². The molecule has 1 N–H and O–H groups in total. The van der Waals surface area contributed by atoms with Crippen molar-refractivity contribution in [3.05, 3.63) is 0 Å². The molecule has 0 aromatic heterocycles. The van der Waals surface area contributed by atoms with E-state index in [0.29, 0.717) is 0 Å². The van der Waals surface area contributed by atoms with Crippen LogP contribution >= 0.6 is 0 Å². The molecule has 0 unspecified atom stereocenters. The van der Waals surface area contributed by atoms with Crippen molar-refractivity contribution in [3.63, 3.8) is 0 Å². The van der Waals surface area contributed by atoms with Crippen LogP contribution in [-0.2, 0) is 9.59 Å². The van der Waals surface area contributed by atoms with Gasteiger partial charge in [0.1, 0.15) is 5.78 Å². The van der Waals surface area contributed by atoms with E-state index in [1.165, 1.54) is 20.8 Å². The van der Waals surface area contributed by atoms with Gasteiger partial charge in [-0.1, -0.05) is 0 Å². The van der Waals surface area contributed by atoms with Crippen molar-refractivity contribution in [2.24, 2.45) is 0 Å². The van der Waals surface area contributed by atoms with Gasteiger partial charge >= 0.3 is 12.1 Å². The first-order valence-corrected chi connectivity index (χ1v) is 3.93. The molecule has 6 heteroatoms. The minimum Gasteiger partial charge on any atom is -0.343 e. The van der Waals surface area contributed by atoms with Crippen LogP contribution in [0.4, 0.5) is 13.2 Å². The Morgan fingerprint density at radius 2 is 1.64 bits per heavy atom. The summed E-state index contributed by atoms with van der Waals surface area (Å²) >= 11 is 0. The van der Waals surface area contributed by atoms with E-state index < -0.39 is 17.6 Å². The van der Waals surface area contributed by atoms with Gasteiger partial charge in [0.05, 0.1) is 0 Å². The second-order valence-corrected chi connectivity index (χ2v) is 3.71. The second-order valence-electron chi connectivity index (χ2n) is 3.71. The average molecular weight is 211 g/mol. The number of ketones is 1. The summed E-state index contributed by atoms with van der Waals surface area (Å²) < 4.78 is 35.5. The van der Waals surface area contributed by atoms with Crippen LogP contribution in [0.1, 0.15) is 27.2 Å². The Kier molecular flexibility index (Phi) is 3.67. The largest absolute Gasteiger partial charge is 0.471 e. The summed E-state index contributed by atoms with van der Waals surface area (Å²) in [5.74, 6) is -2.30. The number of carbonyl (C=O) groups is 2. The van der Waals surface area contributed by atoms with Crippen molar-refractivity contribution in [2.75, 3.05) is 0 Å². The van der Waals surface area contributed by atoms with E-state index in [-0.39, 0.29) is 12.2 Å². The molecule has 0 rings (SSSR count). The highest BCUT2D eigenvalue weighted by Crippen LogP contribution is 2.17. The summed E-state index contributed by atoms with van der Waals surface area (Å²) in [6.07, 6.45) is -5.04. The number of hydrogen-bond acceptors (Lipinski definition) is 2. The minimum atomic E-state index is -4.91. The third kappa shape index (κ3) is 4.84. The topological polar surface area (TPSA) is 46.2 Å². The van der Waals surface area contributed by atoms with E-state index in [0.717, 1.165) is 0 Å². The standard InChI is InChI=1S/C8H12F3NO2/c1-5(13)4-7(2,3)12-6(14)8(9,10)11/h4H2,1-3H3,(H,12,14). The molecule has 0 heterocycles. The van der Waals surface area contributed by atoms with E-state index in [1.807, 2.05) is 0 Å². The molecule has 0 bridgehead atoms. The normalized spacial score (nSPS) is 12.4. The van der Waals surface area contributed by atoms with E-state index in [1.54, 1.807) is 5.32 Å². The fourth-order valence-electron chi connectivity index (χ4n) is 1.04. The number of nitrogens with one attached hydrogen (secondary N) is 1. The molecular formula is C8H12F3NO2. The molecule has 0 atom stereocenters. The van der Waals surface area contributed by atoms with E-state index in [9.17, 15) is 22.8 Å². The summed E-state index contributed by atoms with van der Waals surface area (Å²) in [5.41, 5.74) is -1.17. The van der Waals surface area contributed by atoms with Gasteiger partial charge in [0, 0.05) is 12.0 Å². The first kappa shape index (κ1) is 12.9. The molecule has 0 saturated carbocycles. The monoisotopic (exact) mass is 211 g/mol. The van der Waals surface area contributed by atoms with Gasteiger partial charge in [0.15, 0.2) is 0 Å². The molecule has 0 aromatic rings. The highest BCUT2D eigenvalue weighted by molar-refractivity contribution is 5.84. The van der Waals surface area contributed by atoms with E-state index >= 15 is 0 Å². The maximum Gasteiger partial charge on any atom is 0.471 e. The third-order valence-corrected chi connectivity index (χ3v) is 1.40. The first-order valence-electron chi connectivity index (χ1n) is 3.93. The summed E-state index contributed by atoms with van der Waals surface area (Å²) in [5, 5.41) is 1.74. The molecule has 3 nitrogen and oxygen atoms in total. The van der Waals surface area contributed by atoms with Gasteiger partial charge in [-0.15, -0.1) is 0 Å². The molecule has 0 radical (unpaired) electrons. The van der Waals surface area contributed by atoms with Crippen LogP contribution in [0.5, 0.6) is 0 Å². The second kappa shape index (κ2) is 3.98. The number of carbonyl (C=O) groups excluding carboxylic acids is 2. The highest BCUT2D eigenvalue weighted by atomic mass is 19.4. The lowest BCUT2D eigenvalue weighted by Crippen LogP contribution is -2.49. The van der Waals surface area contributed by atoms with E-state index in [2.05, 4.69) is 0 Å². The van der Waals surface area contributed by atoms with E-state index in [4.69, 9.17) is 0 Å². The smallest absolute Gasteiger partial charge is 0.343 e. The molecule has 82 valence electrons. The van der Waals surface area contributed by atoms with Gasteiger partial charge < -0.3 is 5.32 Å². The summed E-state index contributed by atoms with van der Waals surface area (Å²) in [6.45, 7) is 3.97. The lowest BCUT2D eigenvalue weighted by atomic mass is 9.98. The zero-order valence-electron chi connectivity index (χ0n) is 8.16. The minimum absolute atomic E-state index is 0.130. The van der Waals surface area contributed by atoms with Crippen LogP contribution in [0.15, 0.2) is 0 Å². The van der Waals surface area contributed by atoms with Crippen LogP contribution in [0.2, 0.25) is 0 Å². The Morgan fingerprint density at radius 1 is 1.21 bits per heavy atom. The lowest BCUT2D eigenvalue weighted by Gasteiger charge is -2.25. The molecule has 0 aliphatic rings. The molecule has 14 heavy (non-hydrogen) atoms. The Balaban J connectivity index is 4.37. The number of amides is 1. The van der Waals surface area contributed by atoms with Crippen molar-refractivity contribution < 1.29 is 22.8 Å². The number of Topliss-reactive ketones (excluding diaryl/α,β-unsaturated/α-hetero) is 1. The van der Waals surface area contributed by atoms with Crippen molar-refractivity contribution in [3.8, 4) is 0 Å². The first-order chi connectivity index (χ1) is 6.04. The van der Waals surface area contributed by atoms with Crippen LogP contribution in [0.25, 0.3) is 0 Å². The quantitative estimate of drug-likeness (QED) is 0.767. The van der Waals surface area contributed by atoms with Crippen molar-refractivity contribution in [1.82, 2.24) is 5.32 Å². The predicted octanol–water partition coefficient (Wildman–Crippen LogP) is 1.42. The van der Waals surface area contributed by atoms with Crippen LogP contribution in [0.3, 0.4) is 0 Å². The lowest BCUT2D eigenvalue weighted by molar-refractivity contribution is -0.175. The fraction of sp³-hybridized carbons (Fsp3) is 0.750. The van der Waals surface area contributed by atoms with Gasteiger partial charge in [-0.05, 0) is 20.8 Å². The molecular weight excluding hydrogens is 199 g/mol.